The van der Waals surface area contributed by atoms with Crippen LogP contribution in [0.4, 0.5) is 4.79 Å². The highest BCUT2D eigenvalue weighted by molar-refractivity contribution is 14.1. The van der Waals surface area contributed by atoms with E-state index in [1.807, 2.05) is 42.5 Å². The van der Waals surface area contributed by atoms with Gasteiger partial charge >= 0.3 is 6.03 Å². The summed E-state index contributed by atoms with van der Waals surface area (Å²) in [6, 6.07) is 19.9. The Bertz CT molecular complexity index is 1370. The Morgan fingerprint density at radius 2 is 1.89 bits per heavy atom. The first-order chi connectivity index (χ1) is 16.9. The minimum atomic E-state index is -0.470. The number of halogens is 2. The number of nitrogens with one attached hydrogen (secondary N) is 1. The molecule has 0 aromatic heterocycles. The fourth-order valence-electron chi connectivity index (χ4n) is 3.52. The maximum atomic E-state index is 12.9. The average Bonchev–Trinajstić information content (AvgIpc) is 3.11. The van der Waals surface area contributed by atoms with E-state index in [0.717, 1.165) is 19.2 Å². The number of carbonyl (C=O) groups is 2. The molecule has 3 amide bonds. The van der Waals surface area contributed by atoms with Crippen LogP contribution in [-0.4, -0.2) is 23.9 Å². The molecule has 3 aromatic carbocycles. The minimum absolute atomic E-state index is 0.174. The van der Waals surface area contributed by atoms with Crippen molar-refractivity contribution in [2.24, 2.45) is 0 Å². The lowest BCUT2D eigenvalue weighted by Gasteiger charge is -2.14. The van der Waals surface area contributed by atoms with Crippen molar-refractivity contribution in [2.45, 2.75) is 13.2 Å². The molecule has 1 aliphatic rings. The Morgan fingerprint density at radius 1 is 1.14 bits per heavy atom. The monoisotopic (exact) mass is 643 g/mol. The average molecular weight is 644 g/mol. The summed E-state index contributed by atoms with van der Waals surface area (Å²) < 4.78 is 13.2. The number of hydrogen-bond acceptors (Lipinski definition) is 5. The molecule has 176 valence electrons. The second-order valence-corrected chi connectivity index (χ2v) is 9.68. The third-order valence-electron chi connectivity index (χ3n) is 5.29. The van der Waals surface area contributed by atoms with Crippen LogP contribution in [0.3, 0.4) is 0 Å². The molecule has 9 heteroatoms. The van der Waals surface area contributed by atoms with Crippen molar-refractivity contribution >= 4 is 56.5 Å². The Morgan fingerprint density at radius 3 is 2.60 bits per heavy atom. The van der Waals surface area contributed by atoms with E-state index in [2.05, 4.69) is 49.9 Å². The Kier molecular flexibility index (Phi) is 7.73. The summed E-state index contributed by atoms with van der Waals surface area (Å²) in [6.07, 6.45) is 1.61. The highest BCUT2D eigenvalue weighted by Gasteiger charge is 2.33. The van der Waals surface area contributed by atoms with Crippen molar-refractivity contribution in [1.82, 2.24) is 10.2 Å². The van der Waals surface area contributed by atoms with E-state index in [0.29, 0.717) is 22.6 Å². The van der Waals surface area contributed by atoms with Crippen molar-refractivity contribution in [3.8, 4) is 17.6 Å². The number of amides is 3. The number of urea groups is 1. The first-order valence-electron chi connectivity index (χ1n) is 10.5. The van der Waals surface area contributed by atoms with Crippen molar-refractivity contribution in [3.63, 3.8) is 0 Å². The zero-order valence-electron chi connectivity index (χ0n) is 18.5. The van der Waals surface area contributed by atoms with Crippen molar-refractivity contribution in [2.75, 3.05) is 7.11 Å². The van der Waals surface area contributed by atoms with Crippen LogP contribution in [-0.2, 0) is 17.9 Å². The van der Waals surface area contributed by atoms with Crippen LogP contribution in [0.5, 0.6) is 11.5 Å². The van der Waals surface area contributed by atoms with Crippen LogP contribution < -0.4 is 14.8 Å². The summed E-state index contributed by atoms with van der Waals surface area (Å²) in [6.45, 7) is 0.378. The topological polar surface area (TPSA) is 91.7 Å². The summed E-state index contributed by atoms with van der Waals surface area (Å²) in [5.41, 5.74) is 3.01. The van der Waals surface area contributed by atoms with Gasteiger partial charge in [0.2, 0.25) is 0 Å². The minimum Gasteiger partial charge on any atom is -0.493 e. The van der Waals surface area contributed by atoms with Gasteiger partial charge in [0.1, 0.15) is 12.3 Å². The lowest BCUT2D eigenvalue weighted by Crippen LogP contribution is -2.30. The van der Waals surface area contributed by atoms with Gasteiger partial charge in [-0.1, -0.05) is 46.3 Å². The molecule has 1 saturated heterocycles. The molecule has 1 aliphatic heterocycles. The van der Waals surface area contributed by atoms with E-state index >= 15 is 0 Å². The third-order valence-corrected chi connectivity index (χ3v) is 6.62. The zero-order valence-corrected chi connectivity index (χ0v) is 22.3. The molecule has 0 saturated carbocycles. The van der Waals surface area contributed by atoms with Crippen LogP contribution in [0, 0.1) is 14.9 Å². The number of nitriles is 1. The maximum absolute atomic E-state index is 12.9. The van der Waals surface area contributed by atoms with E-state index in [-0.39, 0.29) is 18.8 Å². The fraction of sp³-hybridized carbons (Fsp3) is 0.115. The van der Waals surface area contributed by atoms with Gasteiger partial charge in [-0.2, -0.15) is 5.26 Å². The van der Waals surface area contributed by atoms with Crippen molar-refractivity contribution in [3.05, 3.63) is 96.7 Å². The highest BCUT2D eigenvalue weighted by Crippen LogP contribution is 2.35. The Labute approximate surface area is 224 Å². The SMILES string of the molecule is COc1cc(/C=C2/NC(=O)N(Cc3ccc(Br)cc3)C2=O)cc(I)c1OCc1ccccc1C#N. The van der Waals surface area contributed by atoms with Gasteiger partial charge < -0.3 is 14.8 Å². The van der Waals surface area contributed by atoms with Crippen LogP contribution in [0.2, 0.25) is 0 Å². The maximum Gasteiger partial charge on any atom is 0.329 e. The second kappa shape index (κ2) is 10.9. The number of carbonyl (C=O) groups excluding carboxylic acids is 2. The Hall–Kier alpha value is -3.36. The molecule has 1 heterocycles. The molecule has 0 atom stereocenters. The van der Waals surface area contributed by atoms with E-state index < -0.39 is 11.9 Å². The van der Waals surface area contributed by atoms with Gasteiger partial charge in [-0.3, -0.25) is 9.69 Å². The molecule has 7 nitrogen and oxygen atoms in total. The zero-order chi connectivity index (χ0) is 24.9. The molecule has 1 N–H and O–H groups in total. The first-order valence-corrected chi connectivity index (χ1v) is 12.3. The summed E-state index contributed by atoms with van der Waals surface area (Å²) >= 11 is 5.51. The van der Waals surface area contributed by atoms with Gasteiger partial charge in [0.15, 0.2) is 11.5 Å². The van der Waals surface area contributed by atoms with E-state index in [1.165, 1.54) is 12.0 Å². The lowest BCUT2D eigenvalue weighted by atomic mass is 10.1. The molecule has 0 unspecified atom stereocenters. The van der Waals surface area contributed by atoms with Gasteiger partial charge in [0.25, 0.3) is 5.91 Å². The largest absolute Gasteiger partial charge is 0.493 e. The van der Waals surface area contributed by atoms with E-state index in [1.54, 1.807) is 24.3 Å². The van der Waals surface area contributed by atoms with E-state index in [4.69, 9.17) is 9.47 Å². The predicted octanol–water partition coefficient (Wildman–Crippen LogP) is 5.61. The van der Waals surface area contributed by atoms with Crippen molar-refractivity contribution in [1.29, 1.82) is 5.26 Å². The number of rotatable bonds is 7. The predicted molar refractivity (Wildman–Crippen MR) is 142 cm³/mol. The second-order valence-electron chi connectivity index (χ2n) is 7.60. The molecule has 0 spiro atoms. The summed E-state index contributed by atoms with van der Waals surface area (Å²) in [4.78, 5) is 26.5. The first kappa shape index (κ1) is 24.8. The molecule has 4 rings (SSSR count). The quantitative estimate of drug-likeness (QED) is 0.205. The standard InChI is InChI=1S/C26H19BrIN3O4/c1-34-23-12-17(10-21(28)24(23)35-15-19-5-3-2-4-18(19)13-29)11-22-25(32)31(26(33)30-22)14-16-6-8-20(27)9-7-16/h2-12H,14-15H2,1H3,(H,30,33)/b22-11+. The summed E-state index contributed by atoms with van der Waals surface area (Å²) in [5.74, 6) is 0.601. The summed E-state index contributed by atoms with van der Waals surface area (Å²) in [5, 5.41) is 11.9. The number of methoxy groups -OCH3 is 1. The van der Waals surface area contributed by atoms with Crippen LogP contribution in [0.15, 0.2) is 70.8 Å². The molecule has 0 bridgehead atoms. The third kappa shape index (κ3) is 5.66. The number of ether oxygens (including phenoxy) is 2. The molecule has 0 radical (unpaired) electrons. The molecule has 35 heavy (non-hydrogen) atoms. The van der Waals surface area contributed by atoms with Crippen LogP contribution >= 0.6 is 38.5 Å². The molecule has 1 fully saturated rings. The number of hydrogen-bond donors (Lipinski definition) is 1. The normalized spacial score (nSPS) is 14.1. The van der Waals surface area contributed by atoms with E-state index in [9.17, 15) is 14.9 Å². The van der Waals surface area contributed by atoms with Crippen molar-refractivity contribution < 1.29 is 19.1 Å². The van der Waals surface area contributed by atoms with Gasteiger partial charge in [0, 0.05) is 10.0 Å². The van der Waals surface area contributed by atoms with Gasteiger partial charge in [-0.15, -0.1) is 0 Å². The van der Waals surface area contributed by atoms with Gasteiger partial charge in [-0.05, 0) is 70.1 Å². The molecule has 0 aliphatic carbocycles. The molecular weight excluding hydrogens is 625 g/mol. The molecular formula is C26H19BrIN3O4. The van der Waals surface area contributed by atoms with Gasteiger partial charge in [0.05, 0.1) is 28.9 Å². The van der Waals surface area contributed by atoms with Crippen LogP contribution in [0.1, 0.15) is 22.3 Å². The number of nitrogens with zero attached hydrogens (tertiary/aromatic N) is 2. The molecule has 3 aromatic rings. The summed E-state index contributed by atoms with van der Waals surface area (Å²) in [7, 11) is 1.53. The lowest BCUT2D eigenvalue weighted by molar-refractivity contribution is -0.123. The smallest absolute Gasteiger partial charge is 0.329 e. The fourth-order valence-corrected chi connectivity index (χ4v) is 4.57. The number of benzene rings is 3. The number of imide groups is 1. The Balaban J connectivity index is 1.54. The van der Waals surface area contributed by atoms with Crippen LogP contribution in [0.25, 0.3) is 6.08 Å². The highest BCUT2D eigenvalue weighted by atomic mass is 127. The van der Waals surface area contributed by atoms with Gasteiger partial charge in [-0.25, -0.2) is 4.79 Å².